The molecule has 2 aliphatic heterocycles. The summed E-state index contributed by atoms with van der Waals surface area (Å²) in [6, 6.07) is 0. The summed E-state index contributed by atoms with van der Waals surface area (Å²) in [6.45, 7) is 3.45. The highest BCUT2D eigenvalue weighted by Crippen LogP contribution is 2.49. The molecule has 18 unspecified atom stereocenters. The zero-order valence-corrected chi connectivity index (χ0v) is 59.1. The van der Waals surface area contributed by atoms with E-state index < -0.39 is 156 Å². The second-order valence-corrected chi connectivity index (χ2v) is 28.4. The van der Waals surface area contributed by atoms with Crippen LogP contribution in [0.2, 0.25) is 0 Å². The maximum atomic E-state index is 14.3. The average Bonchev–Trinajstić information content (AvgIpc) is 0.764. The van der Waals surface area contributed by atoms with E-state index in [0.717, 1.165) is 96.3 Å². The molecule has 3 fully saturated rings. The number of aliphatic hydroxyl groups excluding tert-OH is 10. The molecule has 0 amide bonds. The second-order valence-electron chi connectivity index (χ2n) is 27.0. The van der Waals surface area contributed by atoms with Gasteiger partial charge < -0.3 is 89.1 Å². The van der Waals surface area contributed by atoms with Crippen LogP contribution < -0.4 is 0 Å². The number of rotatable bonds is 58. The molecule has 3 rings (SSSR count). The van der Waals surface area contributed by atoms with Crippen LogP contribution in [0, 0.1) is 0 Å². The van der Waals surface area contributed by atoms with Crippen LogP contribution in [-0.2, 0) is 61.2 Å². The highest BCUT2D eigenvalue weighted by Gasteiger charge is 2.58. The lowest BCUT2D eigenvalue weighted by Crippen LogP contribution is -2.69. The van der Waals surface area contributed by atoms with E-state index in [1.54, 1.807) is 0 Å². The van der Waals surface area contributed by atoms with E-state index in [0.29, 0.717) is 19.3 Å². The van der Waals surface area contributed by atoms with Crippen molar-refractivity contribution in [3.8, 4) is 0 Å². The molecule has 0 aromatic carbocycles. The highest BCUT2D eigenvalue weighted by atomic mass is 31.2. The number of hydrogen-bond acceptors (Lipinski definition) is 23. The fourth-order valence-electron chi connectivity index (χ4n) is 12.5. The topological polar surface area (TPSA) is 374 Å². The number of ether oxygens (including phenoxy) is 7. The Morgan fingerprint density at radius 1 is 0.368 bits per heavy atom. The van der Waals surface area contributed by atoms with Crippen LogP contribution >= 0.6 is 7.82 Å². The van der Waals surface area contributed by atoms with E-state index >= 15 is 0 Å². The molecule has 95 heavy (non-hydrogen) atoms. The van der Waals surface area contributed by atoms with Crippen molar-refractivity contribution >= 4 is 25.7 Å². The summed E-state index contributed by atoms with van der Waals surface area (Å²) in [4.78, 5) is 50.9. The van der Waals surface area contributed by atoms with Crippen molar-refractivity contribution in [2.45, 2.75) is 401 Å². The quantitative estimate of drug-likeness (QED) is 0.0117. The Balaban J connectivity index is 1.74. The van der Waals surface area contributed by atoms with Gasteiger partial charge in [0.2, 0.25) is 0 Å². The molecule has 0 aromatic heterocycles. The van der Waals surface area contributed by atoms with E-state index in [2.05, 4.69) is 20.8 Å². The van der Waals surface area contributed by atoms with E-state index in [1.807, 2.05) is 0 Å². The van der Waals surface area contributed by atoms with Crippen molar-refractivity contribution in [3.63, 3.8) is 0 Å². The summed E-state index contributed by atoms with van der Waals surface area (Å²) in [5.74, 6) is -1.97. The van der Waals surface area contributed by atoms with Gasteiger partial charge in [-0.2, -0.15) is 0 Å². The molecule has 18 atom stereocenters. The SMILES string of the molecule is CCCCCCCCCCCCCCCCC(=O)OCC1OC(OC2C(O)C(O)C(O)C(OC3OC(CO)C(O)C(O)C3O)C2OP(=O)(O)OCC(COC(=O)CCCCCCCCCCCCCC)OC(=O)CCCCCCCCCCCCCCCC)C(O)C(O)C1O. The first-order valence-electron chi connectivity index (χ1n) is 37.3. The van der Waals surface area contributed by atoms with Gasteiger partial charge in [0, 0.05) is 19.3 Å². The molecule has 0 spiro atoms. The molecule has 25 heteroatoms. The zero-order valence-electron chi connectivity index (χ0n) is 58.2. The zero-order chi connectivity index (χ0) is 69.6. The van der Waals surface area contributed by atoms with E-state index in [1.165, 1.54) is 141 Å². The molecule has 2 heterocycles. The fraction of sp³-hybridized carbons (Fsp3) is 0.957. The fourth-order valence-corrected chi connectivity index (χ4v) is 13.5. The van der Waals surface area contributed by atoms with Crippen molar-refractivity contribution in [1.82, 2.24) is 0 Å². The van der Waals surface area contributed by atoms with Crippen LogP contribution in [0.1, 0.15) is 297 Å². The predicted octanol–water partition coefficient (Wildman–Crippen LogP) is 9.79. The van der Waals surface area contributed by atoms with Crippen molar-refractivity contribution in [1.29, 1.82) is 0 Å². The summed E-state index contributed by atoms with van der Waals surface area (Å²) in [5.41, 5.74) is 0. The molecule has 1 aliphatic carbocycles. The molecule has 1 saturated carbocycles. The van der Waals surface area contributed by atoms with Crippen molar-refractivity contribution in [3.05, 3.63) is 0 Å². The predicted molar refractivity (Wildman–Crippen MR) is 356 cm³/mol. The number of carbonyl (C=O) groups excluding carboxylic acids is 3. The van der Waals surface area contributed by atoms with Gasteiger partial charge in [0.1, 0.15) is 98.7 Å². The third kappa shape index (κ3) is 36.4. The summed E-state index contributed by atoms with van der Waals surface area (Å²) in [5, 5.41) is 110. The summed E-state index contributed by atoms with van der Waals surface area (Å²) in [6.07, 6.45) is 8.90. The standard InChI is InChI=1S/C70H131O24P/c1-4-7-10-13-16-19-22-25-27-30-33-36-39-42-45-55(73)87-50-53-58(76)60(78)65(83)70(91-53)93-67-63(81)61(79)62(80)66(92-69-64(82)59(77)57(75)52(47-71)90-69)68(67)94-95(84,85)88-49-51(48-86-54(72)44-41-38-35-32-29-24-21-18-15-12-9-6-3)89-56(74)46-43-40-37-34-31-28-26-23-20-17-14-11-8-5-2/h51-53,57-71,75-83H,4-50H2,1-3H3,(H,84,85). The summed E-state index contributed by atoms with van der Waals surface area (Å²) in [7, 11) is -5.69. The number of phosphoric ester groups is 1. The van der Waals surface area contributed by atoms with Crippen LogP contribution in [0.5, 0.6) is 0 Å². The van der Waals surface area contributed by atoms with Crippen LogP contribution in [-0.4, -0.2) is 204 Å². The number of carbonyl (C=O) groups is 3. The van der Waals surface area contributed by atoms with Gasteiger partial charge in [-0.3, -0.25) is 23.4 Å². The first kappa shape index (κ1) is 87.2. The van der Waals surface area contributed by atoms with Crippen LogP contribution in [0.25, 0.3) is 0 Å². The lowest BCUT2D eigenvalue weighted by molar-refractivity contribution is -0.360. The summed E-state index contributed by atoms with van der Waals surface area (Å²) >= 11 is 0. The van der Waals surface area contributed by atoms with E-state index in [9.17, 15) is 74.9 Å². The molecule has 560 valence electrons. The molecule has 0 aromatic rings. The smallest absolute Gasteiger partial charge is 0.463 e. The Morgan fingerprint density at radius 2 is 0.674 bits per heavy atom. The second kappa shape index (κ2) is 52.9. The lowest BCUT2D eigenvalue weighted by atomic mass is 9.84. The van der Waals surface area contributed by atoms with E-state index in [-0.39, 0.29) is 19.3 Å². The highest BCUT2D eigenvalue weighted by molar-refractivity contribution is 7.47. The maximum absolute atomic E-state index is 14.3. The van der Waals surface area contributed by atoms with Gasteiger partial charge in [-0.05, 0) is 19.3 Å². The van der Waals surface area contributed by atoms with Gasteiger partial charge in [-0.25, -0.2) is 4.57 Å². The van der Waals surface area contributed by atoms with Crippen molar-refractivity contribution < 1.29 is 117 Å². The normalized spacial score (nSPS) is 28.1. The summed E-state index contributed by atoms with van der Waals surface area (Å²) < 4.78 is 65.0. The first-order valence-corrected chi connectivity index (χ1v) is 38.8. The van der Waals surface area contributed by atoms with Crippen molar-refractivity contribution in [2.75, 3.05) is 26.4 Å². The molecule has 2 saturated heterocycles. The minimum absolute atomic E-state index is 0.0333. The number of unbranched alkanes of at least 4 members (excludes halogenated alkanes) is 37. The minimum atomic E-state index is -5.69. The molecule has 0 bridgehead atoms. The first-order chi connectivity index (χ1) is 45.8. The third-order valence-corrected chi connectivity index (χ3v) is 19.6. The van der Waals surface area contributed by atoms with E-state index in [4.69, 9.17) is 42.2 Å². The van der Waals surface area contributed by atoms with Gasteiger partial charge in [-0.15, -0.1) is 0 Å². The van der Waals surface area contributed by atoms with Gasteiger partial charge >= 0.3 is 25.7 Å². The van der Waals surface area contributed by atoms with Gasteiger partial charge in [0.25, 0.3) is 0 Å². The monoisotopic (exact) mass is 1390 g/mol. The molecule has 24 nitrogen and oxygen atoms in total. The molecule has 0 radical (unpaired) electrons. The number of hydrogen-bond donors (Lipinski definition) is 11. The average molecular weight is 1390 g/mol. The van der Waals surface area contributed by atoms with Gasteiger partial charge in [0.05, 0.1) is 13.2 Å². The Hall–Kier alpha value is -2.04. The molecule has 11 N–H and O–H groups in total. The Kier molecular flexibility index (Phi) is 48.5. The van der Waals surface area contributed by atoms with Gasteiger partial charge in [0.15, 0.2) is 18.7 Å². The number of aliphatic hydroxyl groups is 10. The van der Waals surface area contributed by atoms with Crippen LogP contribution in [0.15, 0.2) is 0 Å². The van der Waals surface area contributed by atoms with Crippen LogP contribution in [0.4, 0.5) is 0 Å². The number of esters is 3. The Morgan fingerprint density at radius 3 is 1.03 bits per heavy atom. The van der Waals surface area contributed by atoms with Crippen molar-refractivity contribution in [2.24, 2.45) is 0 Å². The maximum Gasteiger partial charge on any atom is 0.472 e. The molecule has 3 aliphatic rings. The lowest BCUT2D eigenvalue weighted by Gasteiger charge is -2.49. The Labute approximate surface area is 568 Å². The third-order valence-electron chi connectivity index (χ3n) is 18.6. The van der Waals surface area contributed by atoms with Gasteiger partial charge in [-0.1, -0.05) is 258 Å². The number of phosphoric acid groups is 1. The Bertz CT molecular complexity index is 1980. The molecular formula is C70H131O24P. The largest absolute Gasteiger partial charge is 0.472 e. The van der Waals surface area contributed by atoms with Crippen LogP contribution in [0.3, 0.4) is 0 Å². The minimum Gasteiger partial charge on any atom is -0.463 e. The molecular weight excluding hydrogens is 1260 g/mol.